The largest absolute Gasteiger partial charge is 0.497 e. The molecule has 2 amide bonds. The third kappa shape index (κ3) is 5.88. The molecule has 0 aliphatic heterocycles. The number of ether oxygens (including phenoxy) is 1. The molecule has 0 spiro atoms. The van der Waals surface area contributed by atoms with Crippen molar-refractivity contribution in [1.29, 1.82) is 0 Å². The van der Waals surface area contributed by atoms with Crippen molar-refractivity contribution in [2.75, 3.05) is 20.2 Å². The Balaban J connectivity index is 1.88. The van der Waals surface area contributed by atoms with E-state index in [1.54, 1.807) is 13.2 Å². The van der Waals surface area contributed by atoms with Gasteiger partial charge in [0.2, 0.25) is 0 Å². The van der Waals surface area contributed by atoms with Gasteiger partial charge >= 0.3 is 0 Å². The molecule has 2 rings (SSSR count). The van der Waals surface area contributed by atoms with Crippen LogP contribution in [0.15, 0.2) is 42.6 Å². The SMILES string of the molecule is COc1ccc(CCNC(=O)c2ccnc(C(=O)NCC(C)C)c2)cc1. The van der Waals surface area contributed by atoms with Gasteiger partial charge in [0.1, 0.15) is 11.4 Å². The minimum absolute atomic E-state index is 0.223. The predicted octanol–water partition coefficient (Wildman–Crippen LogP) is 2.45. The highest BCUT2D eigenvalue weighted by Crippen LogP contribution is 2.11. The number of benzene rings is 1. The monoisotopic (exact) mass is 355 g/mol. The molecule has 0 aliphatic carbocycles. The first-order valence-corrected chi connectivity index (χ1v) is 8.65. The van der Waals surface area contributed by atoms with Crippen LogP contribution in [0.5, 0.6) is 5.75 Å². The van der Waals surface area contributed by atoms with Crippen LogP contribution in [0.3, 0.4) is 0 Å². The summed E-state index contributed by atoms with van der Waals surface area (Å²) in [5.74, 6) is 0.659. The van der Waals surface area contributed by atoms with E-state index in [1.165, 1.54) is 12.3 Å². The maximum absolute atomic E-state index is 12.3. The average Bonchev–Trinajstić information content (AvgIpc) is 2.66. The molecule has 1 aromatic carbocycles. The van der Waals surface area contributed by atoms with E-state index in [1.807, 2.05) is 38.1 Å². The zero-order valence-electron chi connectivity index (χ0n) is 15.4. The molecule has 2 N–H and O–H groups in total. The van der Waals surface area contributed by atoms with Gasteiger partial charge in [0, 0.05) is 24.8 Å². The highest BCUT2D eigenvalue weighted by Gasteiger charge is 2.12. The second-order valence-electron chi connectivity index (χ2n) is 6.39. The Hall–Kier alpha value is -2.89. The third-order valence-corrected chi connectivity index (χ3v) is 3.78. The first-order chi connectivity index (χ1) is 12.5. The average molecular weight is 355 g/mol. The summed E-state index contributed by atoms with van der Waals surface area (Å²) < 4.78 is 5.12. The molecule has 0 atom stereocenters. The standard InChI is InChI=1S/C20H25N3O3/c1-14(2)13-23-20(25)18-12-16(9-11-21-18)19(24)22-10-8-15-4-6-17(26-3)7-5-15/h4-7,9,11-12,14H,8,10,13H2,1-3H3,(H,22,24)(H,23,25). The Morgan fingerprint density at radius 1 is 1.08 bits per heavy atom. The summed E-state index contributed by atoms with van der Waals surface area (Å²) in [7, 11) is 1.63. The fraction of sp³-hybridized carbons (Fsp3) is 0.350. The molecule has 0 saturated heterocycles. The number of hydrogen-bond acceptors (Lipinski definition) is 4. The van der Waals surface area contributed by atoms with Crippen molar-refractivity contribution >= 4 is 11.8 Å². The minimum Gasteiger partial charge on any atom is -0.497 e. The predicted molar refractivity (Wildman–Crippen MR) is 100 cm³/mol. The van der Waals surface area contributed by atoms with Crippen LogP contribution in [0, 0.1) is 5.92 Å². The maximum Gasteiger partial charge on any atom is 0.269 e. The number of rotatable bonds is 8. The summed E-state index contributed by atoms with van der Waals surface area (Å²) >= 11 is 0. The van der Waals surface area contributed by atoms with Crippen LogP contribution in [0.1, 0.15) is 40.3 Å². The molecule has 0 bridgehead atoms. The topological polar surface area (TPSA) is 80.3 Å². The zero-order chi connectivity index (χ0) is 18.9. The smallest absolute Gasteiger partial charge is 0.269 e. The number of amides is 2. The number of nitrogens with zero attached hydrogens (tertiary/aromatic N) is 1. The molecule has 0 radical (unpaired) electrons. The van der Waals surface area contributed by atoms with Crippen LogP contribution in [-0.2, 0) is 6.42 Å². The molecular weight excluding hydrogens is 330 g/mol. The Morgan fingerprint density at radius 3 is 2.46 bits per heavy atom. The number of methoxy groups -OCH3 is 1. The van der Waals surface area contributed by atoms with Crippen LogP contribution >= 0.6 is 0 Å². The highest BCUT2D eigenvalue weighted by atomic mass is 16.5. The lowest BCUT2D eigenvalue weighted by atomic mass is 10.1. The molecule has 1 aromatic heterocycles. The second kappa shape index (κ2) is 9.56. The lowest BCUT2D eigenvalue weighted by Gasteiger charge is -2.09. The van der Waals surface area contributed by atoms with Crippen LogP contribution in [0.4, 0.5) is 0 Å². The number of aromatic nitrogens is 1. The highest BCUT2D eigenvalue weighted by molar-refractivity contribution is 5.98. The molecule has 6 heteroatoms. The number of carbonyl (C=O) groups is 2. The van der Waals surface area contributed by atoms with Gasteiger partial charge < -0.3 is 15.4 Å². The Morgan fingerprint density at radius 2 is 1.81 bits per heavy atom. The maximum atomic E-state index is 12.3. The Bertz CT molecular complexity index is 742. The van der Waals surface area contributed by atoms with E-state index >= 15 is 0 Å². The molecule has 0 fully saturated rings. The molecule has 2 aromatic rings. The van der Waals surface area contributed by atoms with Gasteiger partial charge in [-0.2, -0.15) is 0 Å². The van der Waals surface area contributed by atoms with Gasteiger partial charge in [-0.1, -0.05) is 26.0 Å². The molecule has 1 heterocycles. The van der Waals surface area contributed by atoms with Gasteiger partial charge in [0.15, 0.2) is 0 Å². The molecule has 138 valence electrons. The van der Waals surface area contributed by atoms with E-state index < -0.39 is 0 Å². The number of nitrogens with one attached hydrogen (secondary N) is 2. The van der Waals surface area contributed by atoms with E-state index in [-0.39, 0.29) is 17.5 Å². The van der Waals surface area contributed by atoms with Crippen molar-refractivity contribution in [2.45, 2.75) is 20.3 Å². The fourth-order valence-electron chi connectivity index (χ4n) is 2.30. The molecule has 0 unspecified atom stereocenters. The number of hydrogen-bond donors (Lipinski definition) is 2. The van der Waals surface area contributed by atoms with E-state index in [4.69, 9.17) is 4.74 Å². The summed E-state index contributed by atoms with van der Waals surface area (Å²) in [5, 5.41) is 5.66. The molecule has 6 nitrogen and oxygen atoms in total. The van der Waals surface area contributed by atoms with E-state index in [0.717, 1.165) is 11.3 Å². The molecule has 0 saturated carbocycles. The molecule has 0 aliphatic rings. The second-order valence-corrected chi connectivity index (χ2v) is 6.39. The third-order valence-electron chi connectivity index (χ3n) is 3.78. The lowest BCUT2D eigenvalue weighted by molar-refractivity contribution is 0.0944. The van der Waals surface area contributed by atoms with Gasteiger partial charge in [-0.3, -0.25) is 14.6 Å². The summed E-state index contributed by atoms with van der Waals surface area (Å²) in [6.07, 6.45) is 2.19. The quantitative estimate of drug-likeness (QED) is 0.762. The van der Waals surface area contributed by atoms with Crippen LogP contribution in [-0.4, -0.2) is 37.0 Å². The van der Waals surface area contributed by atoms with E-state index in [0.29, 0.717) is 31.0 Å². The normalized spacial score (nSPS) is 10.5. The lowest BCUT2D eigenvalue weighted by Crippen LogP contribution is -2.29. The van der Waals surface area contributed by atoms with Crippen LogP contribution < -0.4 is 15.4 Å². The summed E-state index contributed by atoms with van der Waals surface area (Å²) in [6.45, 7) is 5.10. The Labute approximate surface area is 154 Å². The number of pyridine rings is 1. The van der Waals surface area contributed by atoms with Crippen molar-refractivity contribution in [3.63, 3.8) is 0 Å². The van der Waals surface area contributed by atoms with Crippen molar-refractivity contribution in [3.8, 4) is 5.75 Å². The number of carbonyl (C=O) groups excluding carboxylic acids is 2. The van der Waals surface area contributed by atoms with Gasteiger partial charge in [-0.25, -0.2) is 0 Å². The van der Waals surface area contributed by atoms with Crippen molar-refractivity contribution in [2.24, 2.45) is 5.92 Å². The van der Waals surface area contributed by atoms with Crippen LogP contribution in [0.2, 0.25) is 0 Å². The van der Waals surface area contributed by atoms with Crippen LogP contribution in [0.25, 0.3) is 0 Å². The summed E-state index contributed by atoms with van der Waals surface area (Å²) in [5.41, 5.74) is 1.77. The first-order valence-electron chi connectivity index (χ1n) is 8.65. The fourth-order valence-corrected chi connectivity index (χ4v) is 2.30. The summed E-state index contributed by atoms with van der Waals surface area (Å²) in [4.78, 5) is 28.4. The molecular formula is C20H25N3O3. The van der Waals surface area contributed by atoms with E-state index in [2.05, 4.69) is 15.6 Å². The van der Waals surface area contributed by atoms with Crippen molar-refractivity contribution < 1.29 is 14.3 Å². The van der Waals surface area contributed by atoms with Gasteiger partial charge in [0.25, 0.3) is 11.8 Å². The van der Waals surface area contributed by atoms with Crippen molar-refractivity contribution in [1.82, 2.24) is 15.6 Å². The van der Waals surface area contributed by atoms with Gasteiger partial charge in [-0.05, 0) is 42.2 Å². The van der Waals surface area contributed by atoms with Gasteiger partial charge in [-0.15, -0.1) is 0 Å². The Kier molecular flexibility index (Phi) is 7.14. The zero-order valence-corrected chi connectivity index (χ0v) is 15.4. The van der Waals surface area contributed by atoms with Crippen molar-refractivity contribution in [3.05, 3.63) is 59.4 Å². The minimum atomic E-state index is -0.272. The first kappa shape index (κ1) is 19.4. The van der Waals surface area contributed by atoms with Gasteiger partial charge in [0.05, 0.1) is 7.11 Å². The van der Waals surface area contributed by atoms with E-state index in [9.17, 15) is 9.59 Å². The summed E-state index contributed by atoms with van der Waals surface area (Å²) in [6, 6.07) is 10.8. The molecule has 26 heavy (non-hydrogen) atoms.